The Morgan fingerprint density at radius 2 is 1.25 bits per heavy atom. The van der Waals surface area contributed by atoms with Gasteiger partial charge in [0, 0.05) is 39.5 Å². The Morgan fingerprint density at radius 1 is 0.588 bits per heavy atom. The Hall–Kier alpha value is -5.48. The van der Waals surface area contributed by atoms with E-state index in [2.05, 4.69) is 97.3 Å². The van der Waals surface area contributed by atoms with Crippen LogP contribution in [0.15, 0.2) is 72.8 Å². The van der Waals surface area contributed by atoms with E-state index in [9.17, 15) is 0 Å². The first-order valence-electron chi connectivity index (χ1n) is 17.5. The molecule has 0 saturated carbocycles. The summed E-state index contributed by atoms with van der Waals surface area (Å²) in [5, 5.41) is 2.47. The van der Waals surface area contributed by atoms with Gasteiger partial charge in [-0.3, -0.25) is 0 Å². The van der Waals surface area contributed by atoms with Crippen molar-refractivity contribution >= 4 is 78.0 Å². The van der Waals surface area contributed by atoms with Crippen LogP contribution in [-0.4, -0.2) is 46.4 Å². The predicted octanol–water partition coefficient (Wildman–Crippen LogP) is 7.22. The Kier molecular flexibility index (Phi) is 6.18. The lowest BCUT2D eigenvalue weighted by atomic mass is 9.33. The fraction of sp³-hybridized carbons (Fsp3) is 0.220. The van der Waals surface area contributed by atoms with Crippen molar-refractivity contribution in [1.29, 1.82) is 0 Å². The van der Waals surface area contributed by atoms with E-state index in [-0.39, 0.29) is 6.71 Å². The third kappa shape index (κ3) is 4.14. The van der Waals surface area contributed by atoms with E-state index in [4.69, 9.17) is 28.4 Å². The fourth-order valence-corrected chi connectivity index (χ4v) is 9.91. The molecule has 6 aromatic rings. The highest BCUT2D eigenvalue weighted by atomic mass is 32.1. The summed E-state index contributed by atoms with van der Waals surface area (Å²) in [5.74, 6) is 4.68. The van der Waals surface area contributed by atoms with E-state index in [0.29, 0.717) is 39.6 Å². The van der Waals surface area contributed by atoms with Crippen molar-refractivity contribution in [3.05, 3.63) is 89.5 Å². The number of hydrogen-bond donors (Lipinski definition) is 0. The van der Waals surface area contributed by atoms with Crippen LogP contribution >= 0.6 is 11.3 Å². The molecule has 0 aliphatic carbocycles. The van der Waals surface area contributed by atoms with Gasteiger partial charge < -0.3 is 38.2 Å². The molecular weight excluding hydrogens is 659 g/mol. The third-order valence-corrected chi connectivity index (χ3v) is 11.8. The third-order valence-electron chi connectivity index (χ3n) is 10.6. The molecule has 5 aromatic carbocycles. The van der Waals surface area contributed by atoms with E-state index < -0.39 is 0 Å². The molecule has 1 aromatic heterocycles. The van der Waals surface area contributed by atoms with E-state index in [0.717, 1.165) is 79.6 Å². The highest BCUT2D eigenvalue weighted by Crippen LogP contribution is 2.53. The first-order valence-corrected chi connectivity index (χ1v) is 18.3. The van der Waals surface area contributed by atoms with Crippen molar-refractivity contribution in [2.24, 2.45) is 0 Å². The molecule has 0 radical (unpaired) electrons. The van der Waals surface area contributed by atoms with Crippen molar-refractivity contribution in [3.63, 3.8) is 0 Å². The SMILES string of the molecule is Cc1cc2c3c(c1)N(c1c(C)cc4c(c1C)OCCO4)c1sc4ccccc4c1B3c1cc3c(cc1N2c1ccc2c(c1)OCCO2)OCCO3. The summed E-state index contributed by atoms with van der Waals surface area (Å²) in [6.45, 7) is 9.66. The van der Waals surface area contributed by atoms with Crippen LogP contribution in [0.25, 0.3) is 10.1 Å². The molecular formula is C41H33BN2O6S. The standard InChI is InChI=1S/C41H33BN2O6S/c1-22-16-29-38-30(17-22)44(39-23(2)18-35-40(24(39)3)50-15-14-49-35)41-37(26-6-4-5-7-36(26)51-41)42(38)27-20-33-34(48-13-12-47-33)21-28(27)43(29)25-8-9-31-32(19-25)46-11-10-45-31/h4-9,16-21H,10-15H2,1-3H3. The number of rotatable bonds is 2. The number of thiophene rings is 1. The lowest BCUT2D eigenvalue weighted by Gasteiger charge is -2.44. The molecule has 0 atom stereocenters. The monoisotopic (exact) mass is 692 g/mol. The molecule has 6 heterocycles. The smallest absolute Gasteiger partial charge is 0.254 e. The lowest BCUT2D eigenvalue weighted by molar-refractivity contribution is 0.170. The lowest BCUT2D eigenvalue weighted by Crippen LogP contribution is -2.61. The molecule has 0 amide bonds. The maximum absolute atomic E-state index is 6.29. The van der Waals surface area contributed by atoms with Gasteiger partial charge in [-0.25, -0.2) is 0 Å². The molecule has 51 heavy (non-hydrogen) atoms. The topological polar surface area (TPSA) is 61.9 Å². The van der Waals surface area contributed by atoms with Gasteiger partial charge in [-0.1, -0.05) is 18.2 Å². The number of nitrogens with zero attached hydrogens (tertiary/aromatic N) is 2. The number of hydrogen-bond acceptors (Lipinski definition) is 9. The van der Waals surface area contributed by atoms with Gasteiger partial charge in [0.25, 0.3) is 6.71 Å². The van der Waals surface area contributed by atoms with Crippen LogP contribution in [0.4, 0.5) is 33.4 Å². The van der Waals surface area contributed by atoms with Crippen LogP contribution in [-0.2, 0) is 0 Å². The zero-order chi connectivity index (χ0) is 34.0. The fourth-order valence-electron chi connectivity index (χ4n) is 8.65. The van der Waals surface area contributed by atoms with Gasteiger partial charge >= 0.3 is 0 Å². The van der Waals surface area contributed by atoms with Crippen LogP contribution in [0.1, 0.15) is 16.7 Å². The van der Waals surface area contributed by atoms with Crippen molar-refractivity contribution in [1.82, 2.24) is 0 Å². The van der Waals surface area contributed by atoms with Crippen molar-refractivity contribution in [2.75, 3.05) is 49.4 Å². The molecule has 252 valence electrons. The number of anilines is 6. The Balaban J connectivity index is 1.25. The van der Waals surface area contributed by atoms with E-state index in [1.54, 1.807) is 0 Å². The molecule has 5 aliphatic rings. The van der Waals surface area contributed by atoms with Gasteiger partial charge in [0.1, 0.15) is 39.6 Å². The Bertz CT molecular complexity index is 2480. The van der Waals surface area contributed by atoms with Crippen LogP contribution in [0.3, 0.4) is 0 Å². The molecule has 0 saturated heterocycles. The molecule has 0 fully saturated rings. The summed E-state index contributed by atoms with van der Waals surface area (Å²) in [6, 6.07) is 26.3. The molecule has 0 bridgehead atoms. The zero-order valence-corrected chi connectivity index (χ0v) is 29.3. The van der Waals surface area contributed by atoms with Crippen LogP contribution < -0.4 is 54.6 Å². The summed E-state index contributed by atoms with van der Waals surface area (Å²) in [4.78, 5) is 4.87. The normalized spacial score (nSPS) is 16.1. The molecule has 8 nitrogen and oxygen atoms in total. The van der Waals surface area contributed by atoms with Crippen molar-refractivity contribution < 1.29 is 28.4 Å². The minimum absolute atomic E-state index is 0.0601. The number of benzene rings is 5. The summed E-state index contributed by atoms with van der Waals surface area (Å²) >= 11 is 1.85. The van der Waals surface area contributed by atoms with E-state index in [1.165, 1.54) is 31.5 Å². The van der Waals surface area contributed by atoms with Crippen LogP contribution in [0.5, 0.6) is 34.5 Å². The molecule has 0 N–H and O–H groups in total. The van der Waals surface area contributed by atoms with Gasteiger partial charge in [0.15, 0.2) is 34.5 Å². The summed E-state index contributed by atoms with van der Waals surface area (Å²) in [5.41, 5.74) is 12.5. The predicted molar refractivity (Wildman–Crippen MR) is 203 cm³/mol. The minimum atomic E-state index is -0.0601. The van der Waals surface area contributed by atoms with Gasteiger partial charge in [0.2, 0.25) is 0 Å². The van der Waals surface area contributed by atoms with Gasteiger partial charge in [0.05, 0.1) is 16.4 Å². The van der Waals surface area contributed by atoms with E-state index >= 15 is 0 Å². The number of ether oxygens (including phenoxy) is 6. The molecule has 0 spiro atoms. The average molecular weight is 693 g/mol. The maximum atomic E-state index is 6.29. The highest BCUT2D eigenvalue weighted by Gasteiger charge is 2.47. The van der Waals surface area contributed by atoms with Gasteiger partial charge in [-0.15, -0.1) is 11.3 Å². The minimum Gasteiger partial charge on any atom is -0.486 e. The first kappa shape index (κ1) is 29.3. The largest absolute Gasteiger partial charge is 0.486 e. The second-order valence-corrected chi connectivity index (χ2v) is 14.7. The van der Waals surface area contributed by atoms with Gasteiger partial charge in [-0.2, -0.15) is 0 Å². The molecule has 5 aliphatic heterocycles. The highest BCUT2D eigenvalue weighted by molar-refractivity contribution is 7.26. The molecule has 0 unspecified atom stereocenters. The zero-order valence-electron chi connectivity index (χ0n) is 28.5. The van der Waals surface area contributed by atoms with E-state index in [1.807, 2.05) is 17.4 Å². The maximum Gasteiger partial charge on any atom is 0.254 e. The Labute approximate surface area is 299 Å². The van der Waals surface area contributed by atoms with Crippen LogP contribution in [0, 0.1) is 20.8 Å². The van der Waals surface area contributed by atoms with Crippen molar-refractivity contribution in [2.45, 2.75) is 20.8 Å². The van der Waals surface area contributed by atoms with Gasteiger partial charge in [-0.05, 0) is 96.1 Å². The van der Waals surface area contributed by atoms with Crippen molar-refractivity contribution in [3.8, 4) is 34.5 Å². The first-order chi connectivity index (χ1) is 25.0. The summed E-state index contributed by atoms with van der Waals surface area (Å²) < 4.78 is 38.2. The number of fused-ring (bicyclic) bond motifs is 9. The summed E-state index contributed by atoms with van der Waals surface area (Å²) in [6.07, 6.45) is 0. The second-order valence-electron chi connectivity index (χ2n) is 13.7. The average Bonchev–Trinajstić information content (AvgIpc) is 3.54. The second kappa shape index (κ2) is 10.8. The van der Waals surface area contributed by atoms with Crippen LogP contribution in [0.2, 0.25) is 0 Å². The molecule has 11 rings (SSSR count). The number of aryl methyl sites for hydroxylation is 2. The summed E-state index contributed by atoms with van der Waals surface area (Å²) in [7, 11) is 0. The molecule has 10 heteroatoms. The Morgan fingerprint density at radius 3 is 2.06 bits per heavy atom. The quantitative estimate of drug-likeness (QED) is 0.176.